The number of methoxy groups -OCH3 is 1. The summed E-state index contributed by atoms with van der Waals surface area (Å²) in [4.78, 5) is 23.2. The molecule has 112 valence electrons. The van der Waals surface area contributed by atoms with Gasteiger partial charge in [0.05, 0.1) is 7.11 Å². The van der Waals surface area contributed by atoms with Gasteiger partial charge in [-0.05, 0) is 5.56 Å². The van der Waals surface area contributed by atoms with Crippen molar-refractivity contribution in [3.8, 4) is 0 Å². The molecule has 5 heteroatoms. The van der Waals surface area contributed by atoms with E-state index in [1.165, 1.54) is 6.07 Å². The van der Waals surface area contributed by atoms with E-state index in [1.807, 2.05) is 0 Å². The van der Waals surface area contributed by atoms with Gasteiger partial charge in [-0.2, -0.15) is 0 Å². The molecule has 2 atom stereocenters. The van der Waals surface area contributed by atoms with Crippen LogP contribution in [0.5, 0.6) is 0 Å². The van der Waals surface area contributed by atoms with Crippen molar-refractivity contribution in [2.45, 2.75) is 10.5 Å². The number of Topliss-reactive ketones (excluding diaryl/α,β-unsaturated/α-hetero) is 1. The third-order valence-electron chi connectivity index (χ3n) is 4.03. The van der Waals surface area contributed by atoms with E-state index < -0.39 is 22.2 Å². The third kappa shape index (κ3) is 1.62. The Morgan fingerprint density at radius 2 is 1.68 bits per heavy atom. The number of carbonyl (C=O) groups is 2. The SMILES string of the molecule is COC(=O)[C@@]1(O)c2ccccc2C(=O)[C@]1(Cl)c1ccccc1. The van der Waals surface area contributed by atoms with Crippen LogP contribution < -0.4 is 0 Å². The van der Waals surface area contributed by atoms with Gasteiger partial charge in [0.1, 0.15) is 0 Å². The fraction of sp³-hybridized carbons (Fsp3) is 0.176. The molecule has 0 heterocycles. The Hall–Kier alpha value is -2.17. The van der Waals surface area contributed by atoms with Gasteiger partial charge in [-0.3, -0.25) is 4.79 Å². The maximum absolute atomic E-state index is 12.9. The minimum Gasteiger partial charge on any atom is -0.467 e. The molecule has 4 nitrogen and oxygen atoms in total. The number of fused-ring (bicyclic) bond motifs is 1. The zero-order chi connectivity index (χ0) is 16.0. The Morgan fingerprint density at radius 1 is 1.09 bits per heavy atom. The molecule has 2 aromatic rings. The highest BCUT2D eigenvalue weighted by Crippen LogP contribution is 2.54. The Bertz CT molecular complexity index is 756. The third-order valence-corrected chi connectivity index (χ3v) is 4.69. The molecule has 1 aliphatic rings. The second-order valence-electron chi connectivity index (χ2n) is 5.10. The Morgan fingerprint density at radius 3 is 2.32 bits per heavy atom. The number of rotatable bonds is 2. The van der Waals surface area contributed by atoms with Crippen molar-refractivity contribution in [2.75, 3.05) is 7.11 Å². The number of hydrogen-bond acceptors (Lipinski definition) is 4. The lowest BCUT2D eigenvalue weighted by atomic mass is 9.81. The normalized spacial score (nSPS) is 26.6. The van der Waals surface area contributed by atoms with Crippen LogP contribution in [0.3, 0.4) is 0 Å². The average Bonchev–Trinajstić information content (AvgIpc) is 2.76. The summed E-state index contributed by atoms with van der Waals surface area (Å²) < 4.78 is 4.73. The summed E-state index contributed by atoms with van der Waals surface area (Å²) in [6.45, 7) is 0. The van der Waals surface area contributed by atoms with Crippen molar-refractivity contribution >= 4 is 23.4 Å². The molecule has 0 radical (unpaired) electrons. The summed E-state index contributed by atoms with van der Waals surface area (Å²) >= 11 is 6.59. The Balaban J connectivity index is 2.35. The minimum absolute atomic E-state index is 0.158. The highest BCUT2D eigenvalue weighted by molar-refractivity contribution is 6.42. The van der Waals surface area contributed by atoms with Gasteiger partial charge in [0, 0.05) is 11.1 Å². The van der Waals surface area contributed by atoms with Gasteiger partial charge < -0.3 is 9.84 Å². The highest BCUT2D eigenvalue weighted by atomic mass is 35.5. The van der Waals surface area contributed by atoms with Gasteiger partial charge in [0.15, 0.2) is 10.7 Å². The summed E-state index contributed by atoms with van der Waals surface area (Å²) in [5, 5.41) is 11.1. The molecular weight excluding hydrogens is 304 g/mol. The van der Waals surface area contributed by atoms with E-state index in [1.54, 1.807) is 48.5 Å². The zero-order valence-corrected chi connectivity index (χ0v) is 12.5. The maximum Gasteiger partial charge on any atom is 0.345 e. The van der Waals surface area contributed by atoms with Crippen LogP contribution in [0.4, 0.5) is 0 Å². The van der Waals surface area contributed by atoms with Gasteiger partial charge >= 0.3 is 5.97 Å². The first kappa shape index (κ1) is 14.8. The molecule has 3 rings (SSSR count). The molecule has 0 saturated carbocycles. The quantitative estimate of drug-likeness (QED) is 0.682. The second kappa shape index (κ2) is 4.93. The van der Waals surface area contributed by atoms with Crippen LogP contribution in [-0.2, 0) is 20.0 Å². The summed E-state index contributed by atoms with van der Waals surface area (Å²) in [7, 11) is 1.15. The molecule has 2 aromatic carbocycles. The standard InChI is InChI=1S/C17H13ClO4/c1-22-15(20)17(21)13-10-6-5-9-12(13)14(19)16(17,18)11-7-3-2-4-8-11/h2-10,21H,1H3/t16-,17+/m1/s1. The zero-order valence-electron chi connectivity index (χ0n) is 11.7. The van der Waals surface area contributed by atoms with Crippen molar-refractivity contribution in [1.82, 2.24) is 0 Å². The molecule has 0 unspecified atom stereocenters. The number of hydrogen-bond donors (Lipinski definition) is 1. The van der Waals surface area contributed by atoms with Gasteiger partial charge in [0.2, 0.25) is 5.60 Å². The van der Waals surface area contributed by atoms with Crippen LogP contribution in [-0.4, -0.2) is 24.0 Å². The smallest absolute Gasteiger partial charge is 0.345 e. The van der Waals surface area contributed by atoms with Gasteiger partial charge in [-0.1, -0.05) is 54.6 Å². The average molecular weight is 317 g/mol. The number of halogens is 1. The van der Waals surface area contributed by atoms with E-state index in [0.29, 0.717) is 5.56 Å². The van der Waals surface area contributed by atoms with E-state index in [9.17, 15) is 14.7 Å². The lowest BCUT2D eigenvalue weighted by molar-refractivity contribution is -0.166. The number of ketones is 1. The number of ether oxygens (including phenoxy) is 1. The predicted molar refractivity (Wildman–Crippen MR) is 80.7 cm³/mol. The summed E-state index contributed by atoms with van der Waals surface area (Å²) in [5.74, 6) is -1.49. The first-order valence-corrected chi connectivity index (χ1v) is 7.05. The maximum atomic E-state index is 12.9. The number of esters is 1. The molecule has 0 aliphatic heterocycles. The van der Waals surface area contributed by atoms with Crippen LogP contribution in [0.2, 0.25) is 0 Å². The minimum atomic E-state index is -2.28. The van der Waals surface area contributed by atoms with E-state index in [-0.39, 0.29) is 11.1 Å². The lowest BCUT2D eigenvalue weighted by Gasteiger charge is -2.34. The van der Waals surface area contributed by atoms with Crippen molar-refractivity contribution in [3.05, 3.63) is 71.3 Å². The first-order valence-electron chi connectivity index (χ1n) is 6.67. The van der Waals surface area contributed by atoms with E-state index >= 15 is 0 Å². The molecule has 0 amide bonds. The molecule has 0 saturated heterocycles. The largest absolute Gasteiger partial charge is 0.467 e. The summed E-state index contributed by atoms with van der Waals surface area (Å²) in [6.07, 6.45) is 0. The van der Waals surface area contributed by atoms with Crippen LogP contribution in [0.1, 0.15) is 21.5 Å². The molecule has 0 spiro atoms. The summed E-state index contributed by atoms with van der Waals surface area (Å²) in [5.41, 5.74) is -1.57. The molecular formula is C17H13ClO4. The van der Waals surface area contributed by atoms with Crippen LogP contribution in [0, 0.1) is 0 Å². The lowest BCUT2D eigenvalue weighted by Crippen LogP contribution is -2.51. The van der Waals surface area contributed by atoms with E-state index in [0.717, 1.165) is 7.11 Å². The van der Waals surface area contributed by atoms with Crippen LogP contribution in [0.15, 0.2) is 54.6 Å². The number of carbonyl (C=O) groups excluding carboxylic acids is 2. The first-order chi connectivity index (χ1) is 10.5. The summed E-state index contributed by atoms with van der Waals surface area (Å²) in [6, 6.07) is 14.7. The fourth-order valence-electron chi connectivity index (χ4n) is 2.94. The fourth-order valence-corrected chi connectivity index (χ4v) is 3.34. The molecule has 0 fully saturated rings. The molecule has 0 bridgehead atoms. The van der Waals surface area contributed by atoms with Crippen LogP contribution >= 0.6 is 11.6 Å². The predicted octanol–water partition coefficient (Wildman–Crippen LogP) is 2.38. The van der Waals surface area contributed by atoms with Gasteiger partial charge in [0.25, 0.3) is 0 Å². The van der Waals surface area contributed by atoms with E-state index in [4.69, 9.17) is 16.3 Å². The number of benzene rings is 2. The van der Waals surface area contributed by atoms with Crippen molar-refractivity contribution < 1.29 is 19.4 Å². The van der Waals surface area contributed by atoms with E-state index in [2.05, 4.69) is 0 Å². The Labute approximate surface area is 132 Å². The van der Waals surface area contributed by atoms with Crippen molar-refractivity contribution in [2.24, 2.45) is 0 Å². The topological polar surface area (TPSA) is 63.6 Å². The number of alkyl halides is 1. The highest BCUT2D eigenvalue weighted by Gasteiger charge is 2.68. The second-order valence-corrected chi connectivity index (χ2v) is 5.67. The molecule has 22 heavy (non-hydrogen) atoms. The molecule has 0 aromatic heterocycles. The van der Waals surface area contributed by atoms with Crippen molar-refractivity contribution in [1.29, 1.82) is 0 Å². The van der Waals surface area contributed by atoms with Crippen molar-refractivity contribution in [3.63, 3.8) is 0 Å². The monoisotopic (exact) mass is 316 g/mol. The van der Waals surface area contributed by atoms with Gasteiger partial charge in [-0.15, -0.1) is 11.6 Å². The van der Waals surface area contributed by atoms with Gasteiger partial charge in [-0.25, -0.2) is 4.79 Å². The number of aliphatic hydroxyl groups is 1. The van der Waals surface area contributed by atoms with Crippen LogP contribution in [0.25, 0.3) is 0 Å². The molecule has 1 N–H and O–H groups in total. The Kier molecular flexibility index (Phi) is 3.31. The molecule has 1 aliphatic carbocycles.